The summed E-state index contributed by atoms with van der Waals surface area (Å²) in [4.78, 5) is 11.3. The van der Waals surface area contributed by atoms with E-state index in [4.69, 9.17) is 0 Å². The van der Waals surface area contributed by atoms with Crippen LogP contribution in [0.3, 0.4) is 0 Å². The van der Waals surface area contributed by atoms with Crippen molar-refractivity contribution in [3.63, 3.8) is 0 Å². The number of rotatable bonds is 3. The van der Waals surface area contributed by atoms with Crippen LogP contribution < -0.4 is 0 Å². The summed E-state index contributed by atoms with van der Waals surface area (Å²) in [6, 6.07) is 16.1. The van der Waals surface area contributed by atoms with Crippen molar-refractivity contribution in [1.82, 2.24) is 0 Å². The molecule has 0 saturated heterocycles. The van der Waals surface area contributed by atoms with E-state index in [0.29, 0.717) is 0 Å². The van der Waals surface area contributed by atoms with E-state index in [9.17, 15) is 4.79 Å². The van der Waals surface area contributed by atoms with E-state index < -0.39 is 0 Å². The molecule has 0 spiro atoms. The molecule has 0 aromatic heterocycles. The van der Waals surface area contributed by atoms with E-state index in [1.165, 1.54) is 11.1 Å². The minimum Gasteiger partial charge on any atom is -0.302 e. The summed E-state index contributed by atoms with van der Waals surface area (Å²) >= 11 is 0. The van der Waals surface area contributed by atoms with Crippen LogP contribution in [0.25, 0.3) is 0 Å². The van der Waals surface area contributed by atoms with Gasteiger partial charge in [0.05, 0.1) is 5.92 Å². The number of carbonyl (C=O) groups is 1. The van der Waals surface area contributed by atoms with Crippen LogP contribution in [-0.4, -0.2) is 6.29 Å². The van der Waals surface area contributed by atoms with Crippen molar-refractivity contribution in [3.05, 3.63) is 70.8 Å². The molecule has 86 valence electrons. The highest BCUT2D eigenvalue weighted by atomic mass is 16.1. The lowest BCUT2D eigenvalue weighted by molar-refractivity contribution is -0.108. The standard InChI is InChI=1S/C16H16O/c1-12-8-9-15(13(2)10-12)16(11-17)14-6-4-3-5-7-14/h3-11,16H,1-2H3. The first-order valence-electron chi connectivity index (χ1n) is 5.80. The second-order valence-electron chi connectivity index (χ2n) is 4.38. The van der Waals surface area contributed by atoms with Crippen LogP contribution in [0.4, 0.5) is 0 Å². The van der Waals surface area contributed by atoms with E-state index in [2.05, 4.69) is 32.0 Å². The van der Waals surface area contributed by atoms with Crippen molar-refractivity contribution in [1.29, 1.82) is 0 Å². The van der Waals surface area contributed by atoms with Crippen molar-refractivity contribution in [2.75, 3.05) is 0 Å². The van der Waals surface area contributed by atoms with Gasteiger partial charge in [-0.2, -0.15) is 0 Å². The molecule has 0 heterocycles. The summed E-state index contributed by atoms with van der Waals surface area (Å²) in [5, 5.41) is 0. The monoisotopic (exact) mass is 224 g/mol. The maximum absolute atomic E-state index is 11.3. The van der Waals surface area contributed by atoms with E-state index in [0.717, 1.165) is 17.4 Å². The third kappa shape index (κ3) is 2.44. The van der Waals surface area contributed by atoms with Crippen molar-refractivity contribution in [2.45, 2.75) is 19.8 Å². The fourth-order valence-electron chi connectivity index (χ4n) is 2.17. The Morgan fingerprint density at radius 3 is 2.29 bits per heavy atom. The van der Waals surface area contributed by atoms with Gasteiger partial charge in [0.15, 0.2) is 0 Å². The highest BCUT2D eigenvalue weighted by Gasteiger charge is 2.14. The summed E-state index contributed by atoms with van der Waals surface area (Å²) in [6.07, 6.45) is 1.02. The molecule has 0 saturated carbocycles. The fraction of sp³-hybridized carbons (Fsp3) is 0.188. The molecular formula is C16H16O. The van der Waals surface area contributed by atoms with Crippen LogP contribution in [-0.2, 0) is 4.79 Å². The molecule has 0 aliphatic heterocycles. The van der Waals surface area contributed by atoms with Gasteiger partial charge in [0.2, 0.25) is 0 Å². The third-order valence-corrected chi connectivity index (χ3v) is 3.06. The van der Waals surface area contributed by atoms with E-state index >= 15 is 0 Å². The lowest BCUT2D eigenvalue weighted by Crippen LogP contribution is -2.04. The molecule has 0 fully saturated rings. The minimum atomic E-state index is -0.156. The van der Waals surface area contributed by atoms with Crippen LogP contribution in [0.15, 0.2) is 48.5 Å². The number of benzene rings is 2. The summed E-state index contributed by atoms with van der Waals surface area (Å²) < 4.78 is 0. The summed E-state index contributed by atoms with van der Waals surface area (Å²) in [5.74, 6) is -0.156. The molecule has 17 heavy (non-hydrogen) atoms. The van der Waals surface area contributed by atoms with Gasteiger partial charge in [-0.3, -0.25) is 0 Å². The zero-order valence-electron chi connectivity index (χ0n) is 10.2. The molecule has 2 aromatic rings. The molecule has 0 bridgehead atoms. The van der Waals surface area contributed by atoms with Crippen LogP contribution in [0.5, 0.6) is 0 Å². The maximum Gasteiger partial charge on any atom is 0.131 e. The summed E-state index contributed by atoms with van der Waals surface area (Å²) in [7, 11) is 0. The zero-order chi connectivity index (χ0) is 12.3. The van der Waals surface area contributed by atoms with Gasteiger partial charge in [-0.1, -0.05) is 54.1 Å². The SMILES string of the molecule is Cc1ccc(C(C=O)c2ccccc2)c(C)c1. The van der Waals surface area contributed by atoms with Gasteiger partial charge in [0.1, 0.15) is 6.29 Å². The van der Waals surface area contributed by atoms with Crippen molar-refractivity contribution < 1.29 is 4.79 Å². The largest absolute Gasteiger partial charge is 0.302 e. The Kier molecular flexibility index (Phi) is 3.38. The molecule has 1 nitrogen and oxygen atoms in total. The number of hydrogen-bond acceptors (Lipinski definition) is 1. The lowest BCUT2D eigenvalue weighted by Gasteiger charge is -2.14. The predicted octanol–water partition coefficient (Wildman–Crippen LogP) is 3.63. The molecular weight excluding hydrogens is 208 g/mol. The Hall–Kier alpha value is -1.89. The molecule has 0 N–H and O–H groups in total. The van der Waals surface area contributed by atoms with Crippen molar-refractivity contribution >= 4 is 6.29 Å². The van der Waals surface area contributed by atoms with Crippen molar-refractivity contribution in [2.24, 2.45) is 0 Å². The second-order valence-corrected chi connectivity index (χ2v) is 4.38. The van der Waals surface area contributed by atoms with Crippen LogP contribution in [0.1, 0.15) is 28.2 Å². The Balaban J connectivity index is 2.46. The van der Waals surface area contributed by atoms with Gasteiger partial charge in [-0.15, -0.1) is 0 Å². The molecule has 1 unspecified atom stereocenters. The maximum atomic E-state index is 11.3. The third-order valence-electron chi connectivity index (χ3n) is 3.06. The molecule has 0 aliphatic carbocycles. The molecule has 0 radical (unpaired) electrons. The molecule has 1 heteroatoms. The fourth-order valence-corrected chi connectivity index (χ4v) is 2.17. The van der Waals surface area contributed by atoms with Gasteiger partial charge < -0.3 is 4.79 Å². The average molecular weight is 224 g/mol. The molecule has 2 aromatic carbocycles. The molecule has 0 aliphatic rings. The van der Waals surface area contributed by atoms with E-state index in [-0.39, 0.29) is 5.92 Å². The molecule has 1 atom stereocenters. The van der Waals surface area contributed by atoms with Gasteiger partial charge in [-0.05, 0) is 30.5 Å². The Bertz CT molecular complexity index is 514. The first-order valence-corrected chi connectivity index (χ1v) is 5.80. The number of aldehydes is 1. The average Bonchev–Trinajstić information content (AvgIpc) is 2.34. The topological polar surface area (TPSA) is 17.1 Å². The second kappa shape index (κ2) is 4.96. The Morgan fingerprint density at radius 1 is 1.00 bits per heavy atom. The van der Waals surface area contributed by atoms with Gasteiger partial charge in [-0.25, -0.2) is 0 Å². The first-order chi connectivity index (χ1) is 8.22. The Labute approximate surface area is 102 Å². The zero-order valence-corrected chi connectivity index (χ0v) is 10.2. The Morgan fingerprint density at radius 2 is 1.71 bits per heavy atom. The lowest BCUT2D eigenvalue weighted by atomic mass is 9.89. The predicted molar refractivity (Wildman–Crippen MR) is 70.3 cm³/mol. The number of hydrogen-bond donors (Lipinski definition) is 0. The van der Waals surface area contributed by atoms with Crippen LogP contribution >= 0.6 is 0 Å². The molecule has 2 rings (SSSR count). The molecule has 0 amide bonds. The van der Waals surface area contributed by atoms with Crippen LogP contribution in [0.2, 0.25) is 0 Å². The highest BCUT2D eigenvalue weighted by Crippen LogP contribution is 2.25. The van der Waals surface area contributed by atoms with E-state index in [1.54, 1.807) is 0 Å². The van der Waals surface area contributed by atoms with Gasteiger partial charge in [0.25, 0.3) is 0 Å². The quantitative estimate of drug-likeness (QED) is 0.727. The number of carbonyl (C=O) groups excluding carboxylic acids is 1. The summed E-state index contributed by atoms with van der Waals surface area (Å²) in [5.41, 5.74) is 4.54. The number of aryl methyl sites for hydroxylation is 2. The minimum absolute atomic E-state index is 0.156. The summed E-state index contributed by atoms with van der Waals surface area (Å²) in [6.45, 7) is 4.12. The van der Waals surface area contributed by atoms with Crippen molar-refractivity contribution in [3.8, 4) is 0 Å². The normalized spacial score (nSPS) is 12.1. The van der Waals surface area contributed by atoms with Gasteiger partial charge in [0, 0.05) is 0 Å². The highest BCUT2D eigenvalue weighted by molar-refractivity contribution is 5.69. The van der Waals surface area contributed by atoms with Crippen LogP contribution in [0, 0.1) is 13.8 Å². The first kappa shape index (κ1) is 11.6. The van der Waals surface area contributed by atoms with Gasteiger partial charge >= 0.3 is 0 Å². The van der Waals surface area contributed by atoms with E-state index in [1.807, 2.05) is 30.3 Å². The smallest absolute Gasteiger partial charge is 0.131 e.